The Kier molecular flexibility index (Phi) is 5.49. The van der Waals surface area contributed by atoms with E-state index in [-0.39, 0.29) is 12.2 Å². The van der Waals surface area contributed by atoms with Crippen LogP contribution in [0.3, 0.4) is 0 Å². The van der Waals surface area contributed by atoms with Gasteiger partial charge in [-0.25, -0.2) is 0 Å². The summed E-state index contributed by atoms with van der Waals surface area (Å²) >= 11 is 0. The third-order valence-electron chi connectivity index (χ3n) is 7.14. The van der Waals surface area contributed by atoms with Crippen molar-refractivity contribution in [2.24, 2.45) is 5.41 Å². The van der Waals surface area contributed by atoms with E-state index in [1.807, 2.05) is 12.1 Å². The molecular formula is C29H30O4. The summed E-state index contributed by atoms with van der Waals surface area (Å²) in [5.74, 6) is 1.98. The highest BCUT2D eigenvalue weighted by molar-refractivity contribution is 6.06. The van der Waals surface area contributed by atoms with Crippen LogP contribution in [0.15, 0.2) is 48.5 Å². The zero-order chi connectivity index (χ0) is 23.2. The molecule has 0 radical (unpaired) electrons. The Morgan fingerprint density at radius 2 is 1.64 bits per heavy atom. The highest BCUT2D eigenvalue weighted by Gasteiger charge is 2.54. The first-order chi connectivity index (χ1) is 15.9. The maximum absolute atomic E-state index is 12.6. The molecule has 0 atom stereocenters. The summed E-state index contributed by atoms with van der Waals surface area (Å²) in [5.41, 5.74) is 9.09. The van der Waals surface area contributed by atoms with Crippen LogP contribution in [-0.2, 0) is 17.8 Å². The Balaban J connectivity index is 1.36. The number of fused-ring (bicyclic) bond motifs is 1. The summed E-state index contributed by atoms with van der Waals surface area (Å²) < 4.78 is 16.9. The number of carbonyl (C=O) groups is 1. The number of aryl methyl sites for hydroxylation is 2. The molecule has 1 saturated carbocycles. The molecule has 0 amide bonds. The number of ether oxygens (including phenoxy) is 3. The van der Waals surface area contributed by atoms with E-state index in [0.717, 1.165) is 47.5 Å². The van der Waals surface area contributed by atoms with E-state index < -0.39 is 0 Å². The number of hydrogen-bond acceptors (Lipinski definition) is 4. The number of rotatable bonds is 7. The van der Waals surface area contributed by atoms with E-state index in [1.165, 1.54) is 27.8 Å². The summed E-state index contributed by atoms with van der Waals surface area (Å²) in [6, 6.07) is 16.4. The second-order valence-corrected chi connectivity index (χ2v) is 9.47. The molecule has 4 heteroatoms. The summed E-state index contributed by atoms with van der Waals surface area (Å²) in [7, 11) is 1.62. The molecule has 0 aliphatic heterocycles. The highest BCUT2D eigenvalue weighted by atomic mass is 16.7. The third-order valence-corrected chi connectivity index (χ3v) is 7.14. The van der Waals surface area contributed by atoms with Gasteiger partial charge in [-0.1, -0.05) is 18.2 Å². The highest BCUT2D eigenvalue weighted by Crippen LogP contribution is 2.55. The minimum atomic E-state index is -0.0776. The molecule has 3 aromatic rings. The van der Waals surface area contributed by atoms with Gasteiger partial charge < -0.3 is 14.2 Å². The van der Waals surface area contributed by atoms with E-state index in [1.54, 1.807) is 7.11 Å². The van der Waals surface area contributed by atoms with Crippen LogP contribution in [0.4, 0.5) is 0 Å². The Morgan fingerprint density at radius 3 is 2.33 bits per heavy atom. The second kappa shape index (κ2) is 8.35. The van der Waals surface area contributed by atoms with E-state index in [4.69, 9.17) is 14.2 Å². The molecule has 2 aliphatic carbocycles. The van der Waals surface area contributed by atoms with Crippen LogP contribution in [0.25, 0.3) is 11.1 Å². The number of benzene rings is 3. The fourth-order valence-corrected chi connectivity index (χ4v) is 5.14. The van der Waals surface area contributed by atoms with Crippen molar-refractivity contribution < 1.29 is 19.0 Å². The standard InChI is InChI=1S/C29H30O4/c1-18-12-24(33-17-31-4)13-19(2)27(18)25-7-5-6-21(20(25)3)16-32-23-8-9-26-22(14-23)15-29(10-11-29)28(26)30/h5-9,12-14H,10-11,15-17H2,1-4H3. The molecule has 4 nitrogen and oxygen atoms in total. The third kappa shape index (κ3) is 3.93. The Morgan fingerprint density at radius 1 is 0.879 bits per heavy atom. The van der Waals surface area contributed by atoms with Gasteiger partial charge in [-0.15, -0.1) is 0 Å². The molecule has 0 unspecified atom stereocenters. The zero-order valence-corrected chi connectivity index (χ0v) is 19.8. The molecular weight excluding hydrogens is 412 g/mol. The fourth-order valence-electron chi connectivity index (χ4n) is 5.14. The summed E-state index contributed by atoms with van der Waals surface area (Å²) in [6.45, 7) is 7.11. The fraction of sp³-hybridized carbons (Fsp3) is 0.345. The molecule has 0 N–H and O–H groups in total. The van der Waals surface area contributed by atoms with Crippen molar-refractivity contribution in [2.75, 3.05) is 13.9 Å². The molecule has 5 rings (SSSR count). The quantitative estimate of drug-likeness (QED) is 0.400. The van der Waals surface area contributed by atoms with Crippen molar-refractivity contribution in [3.05, 3.63) is 81.9 Å². The van der Waals surface area contributed by atoms with Crippen LogP contribution in [0.5, 0.6) is 11.5 Å². The lowest BCUT2D eigenvalue weighted by atomic mass is 9.90. The first-order valence-corrected chi connectivity index (χ1v) is 11.5. The van der Waals surface area contributed by atoms with Gasteiger partial charge in [-0.2, -0.15) is 0 Å². The van der Waals surface area contributed by atoms with Gasteiger partial charge in [0.1, 0.15) is 18.1 Å². The lowest BCUT2D eigenvalue weighted by Gasteiger charge is -2.18. The largest absolute Gasteiger partial charge is 0.489 e. The molecule has 1 fully saturated rings. The average molecular weight is 443 g/mol. The summed E-state index contributed by atoms with van der Waals surface area (Å²) in [6.07, 6.45) is 2.93. The SMILES string of the molecule is COCOc1cc(C)c(-c2cccc(COc3ccc4c(c3)CC3(CC3)C4=O)c2C)c(C)c1. The minimum Gasteiger partial charge on any atom is -0.489 e. The summed E-state index contributed by atoms with van der Waals surface area (Å²) in [4.78, 5) is 12.6. The molecule has 1 spiro atoms. The van der Waals surface area contributed by atoms with E-state index >= 15 is 0 Å². The molecule has 3 aromatic carbocycles. The van der Waals surface area contributed by atoms with Crippen molar-refractivity contribution in [3.8, 4) is 22.6 Å². The first kappa shape index (κ1) is 21.7. The van der Waals surface area contributed by atoms with Gasteiger partial charge in [-0.05, 0) is 109 Å². The maximum atomic E-state index is 12.6. The topological polar surface area (TPSA) is 44.8 Å². The Labute approximate surface area is 195 Å². The predicted molar refractivity (Wildman–Crippen MR) is 129 cm³/mol. The van der Waals surface area contributed by atoms with Crippen molar-refractivity contribution in [2.45, 2.75) is 46.6 Å². The molecule has 0 saturated heterocycles. The van der Waals surface area contributed by atoms with Gasteiger partial charge >= 0.3 is 0 Å². The van der Waals surface area contributed by atoms with Gasteiger partial charge in [0.25, 0.3) is 0 Å². The van der Waals surface area contributed by atoms with Gasteiger partial charge in [0.2, 0.25) is 0 Å². The first-order valence-electron chi connectivity index (χ1n) is 11.5. The number of carbonyl (C=O) groups excluding carboxylic acids is 1. The molecule has 33 heavy (non-hydrogen) atoms. The Hall–Kier alpha value is -3.11. The van der Waals surface area contributed by atoms with Crippen LogP contribution in [0.2, 0.25) is 0 Å². The van der Waals surface area contributed by atoms with Crippen molar-refractivity contribution in [1.82, 2.24) is 0 Å². The summed E-state index contributed by atoms with van der Waals surface area (Å²) in [5, 5.41) is 0. The van der Waals surface area contributed by atoms with Crippen LogP contribution in [0, 0.1) is 26.2 Å². The zero-order valence-electron chi connectivity index (χ0n) is 19.8. The molecule has 170 valence electrons. The van der Waals surface area contributed by atoms with Crippen molar-refractivity contribution >= 4 is 5.78 Å². The van der Waals surface area contributed by atoms with Crippen LogP contribution in [0.1, 0.15) is 51.0 Å². The van der Waals surface area contributed by atoms with Crippen molar-refractivity contribution in [1.29, 1.82) is 0 Å². The number of hydrogen-bond donors (Lipinski definition) is 0. The van der Waals surface area contributed by atoms with Gasteiger partial charge in [0.15, 0.2) is 12.6 Å². The second-order valence-electron chi connectivity index (χ2n) is 9.47. The smallest absolute Gasteiger partial charge is 0.188 e. The predicted octanol–water partition coefficient (Wildman–Crippen LogP) is 6.36. The van der Waals surface area contributed by atoms with E-state index in [0.29, 0.717) is 12.4 Å². The average Bonchev–Trinajstić information content (AvgIpc) is 3.52. The van der Waals surface area contributed by atoms with Gasteiger partial charge in [-0.3, -0.25) is 4.79 Å². The molecule has 0 bridgehead atoms. The van der Waals surface area contributed by atoms with Crippen LogP contribution in [-0.4, -0.2) is 19.7 Å². The van der Waals surface area contributed by atoms with Crippen LogP contribution < -0.4 is 9.47 Å². The van der Waals surface area contributed by atoms with Crippen LogP contribution >= 0.6 is 0 Å². The van der Waals surface area contributed by atoms with E-state index in [2.05, 4.69) is 57.2 Å². The lowest BCUT2D eigenvalue weighted by molar-refractivity contribution is 0.0510. The molecule has 0 heterocycles. The number of ketones is 1. The normalized spacial score (nSPS) is 15.6. The lowest BCUT2D eigenvalue weighted by Crippen LogP contribution is -2.08. The minimum absolute atomic E-state index is 0.0776. The number of methoxy groups -OCH3 is 1. The van der Waals surface area contributed by atoms with Gasteiger partial charge in [0, 0.05) is 18.1 Å². The molecule has 2 aliphatic rings. The van der Waals surface area contributed by atoms with E-state index in [9.17, 15) is 4.79 Å². The molecule has 0 aromatic heterocycles. The Bertz CT molecular complexity index is 1210. The maximum Gasteiger partial charge on any atom is 0.188 e. The van der Waals surface area contributed by atoms with Crippen molar-refractivity contribution in [3.63, 3.8) is 0 Å². The monoisotopic (exact) mass is 442 g/mol. The van der Waals surface area contributed by atoms with Gasteiger partial charge in [0.05, 0.1) is 0 Å². The number of Topliss-reactive ketones (excluding diaryl/α,β-unsaturated/α-hetero) is 1.